The van der Waals surface area contributed by atoms with Crippen LogP contribution in [-0.2, 0) is 11.2 Å². The Morgan fingerprint density at radius 3 is 2.93 bits per heavy atom. The van der Waals surface area contributed by atoms with Gasteiger partial charge in [0.25, 0.3) is 5.56 Å². The number of pyridine rings is 1. The Morgan fingerprint density at radius 2 is 2.17 bits per heavy atom. The van der Waals surface area contributed by atoms with Gasteiger partial charge in [0, 0.05) is 38.1 Å². The van der Waals surface area contributed by atoms with Crippen LogP contribution in [0.3, 0.4) is 0 Å². The van der Waals surface area contributed by atoms with Gasteiger partial charge in [-0.15, -0.1) is 0 Å². The van der Waals surface area contributed by atoms with E-state index in [0.717, 1.165) is 42.8 Å². The molecule has 3 aromatic heterocycles. The molecular formula is C20H25N7O2. The number of carbonyl (C=O) groups is 1. The van der Waals surface area contributed by atoms with Crippen molar-refractivity contribution in [2.75, 3.05) is 30.3 Å². The van der Waals surface area contributed by atoms with Crippen LogP contribution >= 0.6 is 0 Å². The average Bonchev–Trinajstić information content (AvgIpc) is 3.10. The third-order valence-electron chi connectivity index (χ3n) is 5.42. The summed E-state index contributed by atoms with van der Waals surface area (Å²) in [5.41, 5.74) is 8.23. The van der Waals surface area contributed by atoms with Crippen LogP contribution in [0.5, 0.6) is 0 Å². The fraction of sp³-hybridized carbons (Fsp3) is 0.400. The minimum absolute atomic E-state index is 0.000214. The van der Waals surface area contributed by atoms with E-state index >= 15 is 0 Å². The van der Waals surface area contributed by atoms with Gasteiger partial charge in [0.1, 0.15) is 11.5 Å². The van der Waals surface area contributed by atoms with E-state index in [2.05, 4.69) is 25.2 Å². The number of fused-ring (bicyclic) bond motifs is 1. The van der Waals surface area contributed by atoms with Crippen LogP contribution in [0.25, 0.3) is 5.65 Å². The zero-order valence-corrected chi connectivity index (χ0v) is 16.4. The monoisotopic (exact) mass is 395 g/mol. The lowest BCUT2D eigenvalue weighted by atomic mass is 9.96. The van der Waals surface area contributed by atoms with E-state index in [1.165, 1.54) is 6.07 Å². The number of aromatic nitrogens is 4. The van der Waals surface area contributed by atoms with E-state index in [1.807, 2.05) is 29.7 Å². The van der Waals surface area contributed by atoms with Gasteiger partial charge in [0.2, 0.25) is 11.9 Å². The highest BCUT2D eigenvalue weighted by molar-refractivity contribution is 5.78. The molecule has 0 aliphatic carbocycles. The molecule has 9 heteroatoms. The number of nitrogen functional groups attached to an aromatic ring is 1. The smallest absolute Gasteiger partial charge is 0.254 e. The summed E-state index contributed by atoms with van der Waals surface area (Å²) in [5.74, 6) is 1.14. The predicted octanol–water partition coefficient (Wildman–Crippen LogP) is 0.884. The average molecular weight is 395 g/mol. The molecule has 0 saturated carbocycles. The van der Waals surface area contributed by atoms with Crippen LogP contribution in [0.4, 0.5) is 11.8 Å². The van der Waals surface area contributed by atoms with E-state index < -0.39 is 0 Å². The Kier molecular flexibility index (Phi) is 5.20. The van der Waals surface area contributed by atoms with Crippen LogP contribution in [-0.4, -0.2) is 44.9 Å². The molecule has 3 aromatic rings. The van der Waals surface area contributed by atoms with Gasteiger partial charge in [-0.2, -0.15) is 4.98 Å². The van der Waals surface area contributed by atoms with Crippen molar-refractivity contribution in [3.8, 4) is 0 Å². The molecule has 1 fully saturated rings. The maximum atomic E-state index is 12.4. The normalized spacial score (nSPS) is 15.0. The molecule has 0 atom stereocenters. The maximum absolute atomic E-state index is 12.4. The molecular weight excluding hydrogens is 370 g/mol. The molecule has 4 N–H and O–H groups in total. The Morgan fingerprint density at radius 1 is 1.38 bits per heavy atom. The highest BCUT2D eigenvalue weighted by Gasteiger charge is 2.21. The number of carbonyl (C=O) groups excluding carboxylic acids is 1. The lowest BCUT2D eigenvalue weighted by molar-refractivity contribution is -0.120. The number of aryl methyl sites for hydroxylation is 1. The first-order valence-corrected chi connectivity index (χ1v) is 9.79. The third-order valence-corrected chi connectivity index (χ3v) is 5.42. The number of anilines is 2. The molecule has 1 aliphatic rings. The molecule has 152 valence electrons. The molecule has 0 radical (unpaired) electrons. The third kappa shape index (κ3) is 4.23. The van der Waals surface area contributed by atoms with Gasteiger partial charge in [-0.05, 0) is 37.3 Å². The maximum Gasteiger partial charge on any atom is 0.254 e. The Labute approximate surface area is 168 Å². The summed E-state index contributed by atoms with van der Waals surface area (Å²) in [4.78, 5) is 37.1. The fourth-order valence-corrected chi connectivity index (χ4v) is 3.81. The summed E-state index contributed by atoms with van der Waals surface area (Å²) < 4.78 is 1.97. The van der Waals surface area contributed by atoms with Crippen LogP contribution in [0.1, 0.15) is 24.1 Å². The first-order valence-electron chi connectivity index (χ1n) is 9.79. The molecule has 1 amide bonds. The predicted molar refractivity (Wildman–Crippen MR) is 111 cm³/mol. The van der Waals surface area contributed by atoms with Gasteiger partial charge in [0.15, 0.2) is 0 Å². The van der Waals surface area contributed by atoms with Crippen molar-refractivity contribution in [1.82, 2.24) is 24.7 Å². The Bertz CT molecular complexity index is 1080. The number of piperidine rings is 1. The molecule has 0 spiro atoms. The van der Waals surface area contributed by atoms with Gasteiger partial charge in [-0.1, -0.05) is 6.07 Å². The van der Waals surface area contributed by atoms with Crippen LogP contribution in [0.2, 0.25) is 0 Å². The van der Waals surface area contributed by atoms with E-state index in [0.29, 0.717) is 24.7 Å². The second kappa shape index (κ2) is 7.94. The molecule has 0 bridgehead atoms. The molecule has 29 heavy (non-hydrogen) atoms. The molecule has 1 saturated heterocycles. The van der Waals surface area contributed by atoms with Gasteiger partial charge < -0.3 is 20.4 Å². The molecule has 4 heterocycles. The van der Waals surface area contributed by atoms with E-state index in [9.17, 15) is 9.59 Å². The number of nitrogens with two attached hydrogens (primary N) is 1. The SMILES string of the molecule is Cc1cccn2c(CC(=O)NCC3CCN(c4cc(=O)[nH]c(N)n4)CC3)cnc12. The number of hydrogen-bond donors (Lipinski definition) is 3. The second-order valence-electron chi connectivity index (χ2n) is 7.53. The van der Waals surface area contributed by atoms with Gasteiger partial charge in [-0.3, -0.25) is 14.6 Å². The van der Waals surface area contributed by atoms with Crippen molar-refractivity contribution in [3.63, 3.8) is 0 Å². The molecule has 0 unspecified atom stereocenters. The van der Waals surface area contributed by atoms with Gasteiger partial charge in [-0.25, -0.2) is 4.98 Å². The Hall–Kier alpha value is -3.36. The highest BCUT2D eigenvalue weighted by atomic mass is 16.1. The molecule has 9 nitrogen and oxygen atoms in total. The highest BCUT2D eigenvalue weighted by Crippen LogP contribution is 2.21. The number of imidazole rings is 1. The summed E-state index contributed by atoms with van der Waals surface area (Å²) in [5, 5.41) is 3.05. The zero-order valence-electron chi connectivity index (χ0n) is 16.4. The summed E-state index contributed by atoms with van der Waals surface area (Å²) >= 11 is 0. The van der Waals surface area contributed by atoms with Crippen molar-refractivity contribution in [1.29, 1.82) is 0 Å². The van der Waals surface area contributed by atoms with Crippen LogP contribution in [0.15, 0.2) is 35.4 Å². The van der Waals surface area contributed by atoms with Gasteiger partial charge >= 0.3 is 0 Å². The van der Waals surface area contributed by atoms with Crippen molar-refractivity contribution >= 4 is 23.3 Å². The lowest BCUT2D eigenvalue weighted by Gasteiger charge is -2.32. The number of H-pyrrole nitrogens is 1. The first-order chi connectivity index (χ1) is 14.0. The van der Waals surface area contributed by atoms with Crippen molar-refractivity contribution in [3.05, 3.63) is 52.2 Å². The fourth-order valence-electron chi connectivity index (χ4n) is 3.81. The number of nitrogens with one attached hydrogen (secondary N) is 2. The summed E-state index contributed by atoms with van der Waals surface area (Å²) in [6, 6.07) is 5.44. The summed E-state index contributed by atoms with van der Waals surface area (Å²) in [7, 11) is 0. The summed E-state index contributed by atoms with van der Waals surface area (Å²) in [6.07, 6.45) is 5.84. The van der Waals surface area contributed by atoms with Crippen LogP contribution < -0.4 is 21.5 Å². The van der Waals surface area contributed by atoms with E-state index in [-0.39, 0.29) is 17.4 Å². The minimum atomic E-state index is -0.246. The number of rotatable bonds is 5. The minimum Gasteiger partial charge on any atom is -0.369 e. The summed E-state index contributed by atoms with van der Waals surface area (Å²) in [6.45, 7) is 4.22. The molecule has 1 aliphatic heterocycles. The van der Waals surface area contributed by atoms with E-state index in [4.69, 9.17) is 5.73 Å². The Balaban J connectivity index is 1.28. The number of nitrogens with zero attached hydrogens (tertiary/aromatic N) is 4. The van der Waals surface area contributed by atoms with Crippen molar-refractivity contribution in [2.45, 2.75) is 26.2 Å². The topological polar surface area (TPSA) is 121 Å². The standard InChI is InChI=1S/C20H25N7O2/c1-13-3-2-6-27-15(12-23-19(13)27)9-17(28)22-11-14-4-7-26(8-5-14)16-10-18(29)25-20(21)24-16/h2-3,6,10,12,14H,4-5,7-9,11H2,1H3,(H,22,28)(H3,21,24,25,29). The zero-order chi connectivity index (χ0) is 20.4. The van der Waals surface area contributed by atoms with Crippen molar-refractivity contribution in [2.24, 2.45) is 5.92 Å². The molecule has 0 aromatic carbocycles. The largest absolute Gasteiger partial charge is 0.369 e. The van der Waals surface area contributed by atoms with Crippen LogP contribution in [0, 0.1) is 12.8 Å². The molecule has 4 rings (SSSR count). The quantitative estimate of drug-likeness (QED) is 0.590. The first kappa shape index (κ1) is 19.0. The lowest BCUT2D eigenvalue weighted by Crippen LogP contribution is -2.39. The second-order valence-corrected chi connectivity index (χ2v) is 7.53. The number of amides is 1. The van der Waals surface area contributed by atoms with Crippen molar-refractivity contribution < 1.29 is 4.79 Å². The number of aromatic amines is 1. The van der Waals surface area contributed by atoms with Gasteiger partial charge in [0.05, 0.1) is 12.1 Å². The number of hydrogen-bond acceptors (Lipinski definition) is 6. The van der Waals surface area contributed by atoms with E-state index in [1.54, 1.807) is 6.20 Å².